The molecular formula is C16H20F2N2O4. The van der Waals surface area contributed by atoms with E-state index in [2.05, 4.69) is 9.84 Å². The predicted molar refractivity (Wildman–Crippen MR) is 83.9 cm³/mol. The van der Waals surface area contributed by atoms with Gasteiger partial charge < -0.3 is 14.9 Å². The zero-order valence-electron chi connectivity index (χ0n) is 13.9. The van der Waals surface area contributed by atoms with Crippen LogP contribution in [-0.4, -0.2) is 59.8 Å². The molecular weight excluding hydrogens is 322 g/mol. The van der Waals surface area contributed by atoms with Crippen molar-refractivity contribution in [3.8, 4) is 0 Å². The van der Waals surface area contributed by atoms with Crippen LogP contribution in [0.4, 0.5) is 8.78 Å². The van der Waals surface area contributed by atoms with Crippen LogP contribution >= 0.6 is 0 Å². The van der Waals surface area contributed by atoms with Crippen LogP contribution in [0.3, 0.4) is 0 Å². The summed E-state index contributed by atoms with van der Waals surface area (Å²) < 4.78 is 33.5. The minimum atomic E-state index is -4.43. The van der Waals surface area contributed by atoms with Crippen LogP contribution in [0.5, 0.6) is 0 Å². The van der Waals surface area contributed by atoms with E-state index in [9.17, 15) is 23.5 Å². The van der Waals surface area contributed by atoms with Crippen LogP contribution in [0.15, 0.2) is 35.4 Å². The monoisotopic (exact) mass is 342 g/mol. The average Bonchev–Trinajstić information content (AvgIpc) is 2.52. The molecule has 1 rings (SSSR count). The lowest BCUT2D eigenvalue weighted by Gasteiger charge is -2.29. The Bertz CT molecular complexity index is 628. The zero-order valence-corrected chi connectivity index (χ0v) is 13.9. The molecule has 0 bridgehead atoms. The highest BCUT2D eigenvalue weighted by atomic mass is 19.3. The van der Waals surface area contributed by atoms with E-state index >= 15 is 0 Å². The van der Waals surface area contributed by atoms with Gasteiger partial charge in [-0.25, -0.2) is 4.79 Å². The maximum Gasteiger partial charge on any atom is 0.349 e. The van der Waals surface area contributed by atoms with Gasteiger partial charge >= 0.3 is 11.9 Å². The van der Waals surface area contributed by atoms with Crippen LogP contribution < -0.4 is 0 Å². The first-order valence-corrected chi connectivity index (χ1v) is 7.19. The smallest absolute Gasteiger partial charge is 0.349 e. The van der Waals surface area contributed by atoms with Gasteiger partial charge in [-0.15, -0.1) is 0 Å². The van der Waals surface area contributed by atoms with E-state index in [1.54, 1.807) is 18.2 Å². The Balaban J connectivity index is 3.34. The molecule has 0 aliphatic heterocycles. The topological polar surface area (TPSA) is 79.2 Å². The van der Waals surface area contributed by atoms with Gasteiger partial charge in [0, 0.05) is 19.7 Å². The summed E-state index contributed by atoms with van der Waals surface area (Å²) in [5.41, 5.74) is -3.76. The number of hydrazone groups is 1. The fourth-order valence-corrected chi connectivity index (χ4v) is 1.80. The molecule has 1 N–H and O–H groups in total. The van der Waals surface area contributed by atoms with Gasteiger partial charge in [0.15, 0.2) is 0 Å². The molecule has 1 atom stereocenters. The van der Waals surface area contributed by atoms with E-state index in [0.29, 0.717) is 6.92 Å². The SMILES string of the molecule is CCOC(=O)C(C)(O)C(F)(F)C(=O)/C(=N/N(C)C)c1ccccc1. The number of Topliss-reactive ketones (excluding diaryl/α,β-unsaturated/α-hetero) is 1. The lowest BCUT2D eigenvalue weighted by atomic mass is 9.90. The van der Waals surface area contributed by atoms with E-state index in [-0.39, 0.29) is 12.2 Å². The number of alkyl halides is 2. The number of nitrogens with zero attached hydrogens (tertiary/aromatic N) is 2. The number of carbonyl (C=O) groups excluding carboxylic acids is 2. The molecule has 0 aliphatic rings. The number of aliphatic hydroxyl groups is 1. The summed E-state index contributed by atoms with van der Waals surface area (Å²) in [7, 11) is 2.91. The van der Waals surface area contributed by atoms with E-state index < -0.39 is 29.0 Å². The molecule has 1 unspecified atom stereocenters. The van der Waals surface area contributed by atoms with Crippen molar-refractivity contribution in [2.45, 2.75) is 25.4 Å². The second-order valence-electron chi connectivity index (χ2n) is 5.36. The standard InChI is InChI=1S/C16H20F2N2O4/c1-5-24-14(22)15(2,23)16(17,18)13(21)12(19-20(3)4)11-9-7-6-8-10-11/h6-10,23H,5H2,1-4H3/b19-12+. The van der Waals surface area contributed by atoms with Gasteiger partial charge in [0.05, 0.1) is 6.61 Å². The maximum atomic E-state index is 14.6. The molecule has 1 aromatic rings. The molecule has 8 heteroatoms. The summed E-state index contributed by atoms with van der Waals surface area (Å²) in [5, 5.41) is 14.9. The van der Waals surface area contributed by atoms with Gasteiger partial charge in [-0.05, 0) is 13.8 Å². The van der Waals surface area contributed by atoms with Crippen LogP contribution in [0.25, 0.3) is 0 Å². The van der Waals surface area contributed by atoms with E-state index in [4.69, 9.17) is 0 Å². The summed E-state index contributed by atoms with van der Waals surface area (Å²) >= 11 is 0. The first-order chi connectivity index (χ1) is 11.1. The molecule has 0 amide bonds. The summed E-state index contributed by atoms with van der Waals surface area (Å²) in [5.74, 6) is -7.79. The third-order valence-electron chi connectivity index (χ3n) is 3.13. The first kappa shape index (κ1) is 19.7. The summed E-state index contributed by atoms with van der Waals surface area (Å²) in [6.45, 7) is 1.73. The Morgan fingerprint density at radius 1 is 1.25 bits per heavy atom. The average molecular weight is 342 g/mol. The van der Waals surface area contributed by atoms with Gasteiger partial charge in [-0.3, -0.25) is 4.79 Å². The lowest BCUT2D eigenvalue weighted by molar-refractivity contribution is -0.203. The molecule has 0 heterocycles. The van der Waals surface area contributed by atoms with E-state index in [1.807, 2.05) is 0 Å². The largest absolute Gasteiger partial charge is 0.464 e. The Morgan fingerprint density at radius 3 is 2.25 bits per heavy atom. The summed E-state index contributed by atoms with van der Waals surface area (Å²) in [6.07, 6.45) is 0. The first-order valence-electron chi connectivity index (χ1n) is 7.19. The molecule has 1 aromatic carbocycles. The molecule has 0 saturated heterocycles. The van der Waals surface area contributed by atoms with Gasteiger partial charge in [-0.1, -0.05) is 30.3 Å². The molecule has 0 saturated carbocycles. The molecule has 0 fully saturated rings. The summed E-state index contributed by atoms with van der Waals surface area (Å²) in [6, 6.07) is 7.60. The number of esters is 1. The van der Waals surface area contributed by atoms with E-state index in [1.165, 1.54) is 38.2 Å². The fourth-order valence-electron chi connectivity index (χ4n) is 1.80. The predicted octanol–water partition coefficient (Wildman–Crippen LogP) is 1.47. The second kappa shape index (κ2) is 7.48. The third-order valence-corrected chi connectivity index (χ3v) is 3.13. The Kier molecular flexibility index (Phi) is 6.14. The van der Waals surface area contributed by atoms with Crippen molar-refractivity contribution in [3.63, 3.8) is 0 Å². The van der Waals surface area contributed by atoms with Crippen LogP contribution in [-0.2, 0) is 14.3 Å². The van der Waals surface area contributed by atoms with E-state index in [0.717, 1.165) is 0 Å². The van der Waals surface area contributed by atoms with Gasteiger partial charge in [0.2, 0.25) is 5.60 Å². The van der Waals surface area contributed by atoms with Crippen molar-refractivity contribution in [2.24, 2.45) is 5.10 Å². The van der Waals surface area contributed by atoms with Gasteiger partial charge in [0.25, 0.3) is 5.78 Å². The molecule has 0 spiro atoms. The number of rotatable bonds is 7. The quantitative estimate of drug-likeness (QED) is 0.461. The minimum absolute atomic E-state index is 0.135. The lowest BCUT2D eigenvalue weighted by Crippen LogP contribution is -2.59. The van der Waals surface area contributed by atoms with Crippen LogP contribution in [0.1, 0.15) is 19.4 Å². The van der Waals surface area contributed by atoms with Gasteiger partial charge in [0.1, 0.15) is 5.71 Å². The molecule has 0 radical (unpaired) electrons. The Morgan fingerprint density at radius 2 is 1.79 bits per heavy atom. The molecule has 24 heavy (non-hydrogen) atoms. The van der Waals surface area contributed by atoms with Crippen molar-refractivity contribution in [3.05, 3.63) is 35.9 Å². The number of ether oxygens (including phenoxy) is 1. The molecule has 0 aromatic heterocycles. The molecule has 6 nitrogen and oxygen atoms in total. The number of carbonyl (C=O) groups is 2. The number of halogens is 2. The highest BCUT2D eigenvalue weighted by Crippen LogP contribution is 2.32. The maximum absolute atomic E-state index is 14.6. The number of hydrogen-bond acceptors (Lipinski definition) is 6. The van der Waals surface area contributed by atoms with Crippen molar-refractivity contribution in [1.29, 1.82) is 0 Å². The van der Waals surface area contributed by atoms with Crippen molar-refractivity contribution in [2.75, 3.05) is 20.7 Å². The van der Waals surface area contributed by atoms with Crippen molar-refractivity contribution in [1.82, 2.24) is 5.01 Å². The highest BCUT2D eigenvalue weighted by molar-refractivity contribution is 6.48. The highest BCUT2D eigenvalue weighted by Gasteiger charge is 2.62. The van der Waals surface area contributed by atoms with Gasteiger partial charge in [-0.2, -0.15) is 13.9 Å². The minimum Gasteiger partial charge on any atom is -0.464 e. The third kappa shape index (κ3) is 3.94. The summed E-state index contributed by atoms with van der Waals surface area (Å²) in [4.78, 5) is 24.0. The van der Waals surface area contributed by atoms with Crippen LogP contribution in [0, 0.1) is 0 Å². The number of hydrogen-bond donors (Lipinski definition) is 1. The number of benzene rings is 1. The zero-order chi connectivity index (χ0) is 18.5. The normalized spacial score (nSPS) is 14.7. The van der Waals surface area contributed by atoms with Crippen molar-refractivity contribution >= 4 is 17.5 Å². The van der Waals surface area contributed by atoms with Crippen molar-refractivity contribution < 1.29 is 28.2 Å². The molecule has 132 valence electrons. The Hall–Kier alpha value is -2.35. The second-order valence-corrected chi connectivity index (χ2v) is 5.36. The Labute approximate surface area is 138 Å². The number of ketones is 1. The fraction of sp³-hybridized carbons (Fsp3) is 0.438. The molecule has 0 aliphatic carbocycles. The van der Waals surface area contributed by atoms with Crippen LogP contribution in [0.2, 0.25) is 0 Å².